The first-order chi connectivity index (χ1) is 10.8. The van der Waals surface area contributed by atoms with E-state index in [1.54, 1.807) is 12.4 Å². The highest BCUT2D eigenvalue weighted by Crippen LogP contribution is 2.31. The van der Waals surface area contributed by atoms with Gasteiger partial charge in [0.25, 0.3) is 0 Å². The van der Waals surface area contributed by atoms with E-state index in [4.69, 9.17) is 0 Å². The molecule has 2 rings (SSSR count). The van der Waals surface area contributed by atoms with E-state index in [1.165, 1.54) is 0 Å². The summed E-state index contributed by atoms with van der Waals surface area (Å²) in [5, 5.41) is 12.5. The van der Waals surface area contributed by atoms with Gasteiger partial charge in [-0.2, -0.15) is 0 Å². The molecular formula is C15H23N3O4S. The quantitative estimate of drug-likeness (QED) is 0.608. The number of aliphatic hydroxyl groups excluding tert-OH is 1. The molecule has 1 saturated carbocycles. The van der Waals surface area contributed by atoms with Gasteiger partial charge in [-0.3, -0.25) is 9.78 Å². The number of rotatable bonds is 8. The molecule has 0 unspecified atom stereocenters. The zero-order valence-corrected chi connectivity index (χ0v) is 13.9. The van der Waals surface area contributed by atoms with Gasteiger partial charge < -0.3 is 10.4 Å². The average molecular weight is 341 g/mol. The van der Waals surface area contributed by atoms with Crippen LogP contribution in [0.25, 0.3) is 0 Å². The van der Waals surface area contributed by atoms with Crippen molar-refractivity contribution in [1.82, 2.24) is 15.0 Å². The molecule has 8 heteroatoms. The van der Waals surface area contributed by atoms with Crippen LogP contribution in [0.1, 0.15) is 24.8 Å². The molecule has 1 aromatic heterocycles. The van der Waals surface area contributed by atoms with Crippen molar-refractivity contribution in [3.05, 3.63) is 30.1 Å². The van der Waals surface area contributed by atoms with E-state index in [0.717, 1.165) is 11.8 Å². The lowest BCUT2D eigenvalue weighted by atomic mass is 9.75. The Kier molecular flexibility index (Phi) is 6.09. The molecule has 0 aromatic carbocycles. The van der Waals surface area contributed by atoms with Crippen LogP contribution >= 0.6 is 0 Å². The second-order valence-corrected chi connectivity index (χ2v) is 7.87. The lowest BCUT2D eigenvalue weighted by Crippen LogP contribution is -2.48. The van der Waals surface area contributed by atoms with E-state index >= 15 is 0 Å². The fourth-order valence-corrected chi connectivity index (χ4v) is 3.17. The number of sulfonamides is 1. The van der Waals surface area contributed by atoms with Crippen LogP contribution in [0.5, 0.6) is 0 Å². The van der Waals surface area contributed by atoms with Gasteiger partial charge in [-0.25, -0.2) is 13.1 Å². The summed E-state index contributed by atoms with van der Waals surface area (Å²) in [6, 6.07) is 3.74. The summed E-state index contributed by atoms with van der Waals surface area (Å²) in [6.45, 7) is 0.0833. The molecule has 3 N–H and O–H groups in total. The van der Waals surface area contributed by atoms with Crippen molar-refractivity contribution in [2.45, 2.75) is 37.8 Å². The normalized spacial score (nSPS) is 22.2. The number of aromatic nitrogens is 1. The predicted molar refractivity (Wildman–Crippen MR) is 86.1 cm³/mol. The number of nitrogens with zero attached hydrogens (tertiary/aromatic N) is 1. The molecule has 0 saturated heterocycles. The predicted octanol–water partition coefficient (Wildman–Crippen LogP) is -0.181. The molecule has 7 nitrogen and oxygen atoms in total. The van der Waals surface area contributed by atoms with Gasteiger partial charge in [-0.05, 0) is 42.9 Å². The first kappa shape index (κ1) is 17.8. The third-order valence-electron chi connectivity index (χ3n) is 3.99. The molecule has 1 fully saturated rings. The first-order valence-corrected chi connectivity index (χ1v) is 9.53. The highest BCUT2D eigenvalue weighted by Gasteiger charge is 2.34. The van der Waals surface area contributed by atoms with Crippen LogP contribution in [0.15, 0.2) is 24.5 Å². The second kappa shape index (κ2) is 7.85. The van der Waals surface area contributed by atoms with Gasteiger partial charge in [0, 0.05) is 31.4 Å². The fraction of sp³-hybridized carbons (Fsp3) is 0.600. The van der Waals surface area contributed by atoms with E-state index in [9.17, 15) is 18.3 Å². The van der Waals surface area contributed by atoms with E-state index in [2.05, 4.69) is 15.0 Å². The molecule has 0 radical (unpaired) electrons. The molecule has 1 aromatic rings. The van der Waals surface area contributed by atoms with Crippen molar-refractivity contribution in [3.63, 3.8) is 0 Å². The number of nitrogens with one attached hydrogen (secondary N) is 2. The summed E-state index contributed by atoms with van der Waals surface area (Å²) in [7, 11) is -3.28. The van der Waals surface area contributed by atoms with Crippen LogP contribution in [0, 0.1) is 5.92 Å². The Morgan fingerprint density at radius 2 is 2.04 bits per heavy atom. The van der Waals surface area contributed by atoms with Gasteiger partial charge in [0.1, 0.15) is 0 Å². The molecular weight excluding hydrogens is 318 g/mol. The molecule has 1 heterocycles. The third-order valence-corrected chi connectivity index (χ3v) is 4.71. The average Bonchev–Trinajstić information content (AvgIpc) is 2.43. The lowest BCUT2D eigenvalue weighted by Gasteiger charge is -2.38. The summed E-state index contributed by atoms with van der Waals surface area (Å²) in [5.74, 6) is 0.0478. The van der Waals surface area contributed by atoms with Crippen molar-refractivity contribution in [2.75, 3.05) is 12.8 Å². The summed E-state index contributed by atoms with van der Waals surface area (Å²) >= 11 is 0. The zero-order valence-electron chi connectivity index (χ0n) is 13.1. The molecule has 1 aliphatic carbocycles. The van der Waals surface area contributed by atoms with Crippen molar-refractivity contribution in [3.8, 4) is 0 Å². The van der Waals surface area contributed by atoms with Gasteiger partial charge in [0.15, 0.2) is 0 Å². The van der Waals surface area contributed by atoms with E-state index in [1.807, 2.05) is 12.1 Å². The molecule has 128 valence electrons. The fourth-order valence-electron chi connectivity index (χ4n) is 2.70. The summed E-state index contributed by atoms with van der Waals surface area (Å²) in [4.78, 5) is 16.0. The Bertz CT molecular complexity index is 615. The molecule has 1 amide bonds. The van der Waals surface area contributed by atoms with E-state index in [-0.39, 0.29) is 36.9 Å². The highest BCUT2D eigenvalue weighted by atomic mass is 32.2. The van der Waals surface area contributed by atoms with Gasteiger partial charge >= 0.3 is 0 Å². The topological polar surface area (TPSA) is 108 Å². The van der Waals surface area contributed by atoms with Crippen molar-refractivity contribution < 1.29 is 18.3 Å². The number of aliphatic hydroxyl groups is 1. The molecule has 0 spiro atoms. The minimum atomic E-state index is -3.28. The maximum atomic E-state index is 12.0. The van der Waals surface area contributed by atoms with Gasteiger partial charge in [0.05, 0.1) is 12.4 Å². The van der Waals surface area contributed by atoms with E-state index < -0.39 is 10.0 Å². The Morgan fingerprint density at radius 1 is 1.39 bits per heavy atom. The summed E-state index contributed by atoms with van der Waals surface area (Å²) in [6.07, 6.45) is 6.31. The third kappa shape index (κ3) is 6.25. The Labute approximate surface area is 136 Å². The molecule has 0 bridgehead atoms. The largest absolute Gasteiger partial charge is 0.393 e. The molecule has 0 aliphatic heterocycles. The number of pyridine rings is 1. The second-order valence-electron chi connectivity index (χ2n) is 6.04. The van der Waals surface area contributed by atoms with Crippen LogP contribution < -0.4 is 10.0 Å². The first-order valence-electron chi connectivity index (χ1n) is 7.64. The van der Waals surface area contributed by atoms with Crippen LogP contribution in [0.3, 0.4) is 0 Å². The minimum absolute atomic E-state index is 0.0634. The zero-order chi connectivity index (χ0) is 16.9. The minimum Gasteiger partial charge on any atom is -0.393 e. The Morgan fingerprint density at radius 3 is 2.61 bits per heavy atom. The highest BCUT2D eigenvalue weighted by molar-refractivity contribution is 7.88. The standard InChI is InChI=1S/C15H23N3O4S/c1-23(21,22)17-7-4-15(20)18-14(12-9-13(19)10-12)8-11-2-5-16-6-3-11/h2-3,5-6,12-14,17,19H,4,7-10H2,1H3,(H,18,20)/t12?,13?,14-/m0/s1. The molecule has 23 heavy (non-hydrogen) atoms. The van der Waals surface area contributed by atoms with Gasteiger partial charge in [-0.1, -0.05) is 0 Å². The maximum absolute atomic E-state index is 12.0. The van der Waals surface area contributed by atoms with Crippen molar-refractivity contribution in [1.29, 1.82) is 0 Å². The monoisotopic (exact) mass is 341 g/mol. The molecule has 1 aliphatic rings. The smallest absolute Gasteiger partial charge is 0.221 e. The number of amides is 1. The van der Waals surface area contributed by atoms with Crippen molar-refractivity contribution >= 4 is 15.9 Å². The SMILES string of the molecule is CS(=O)(=O)NCCC(=O)N[C@@H](Cc1ccncc1)C1CC(O)C1. The van der Waals surface area contributed by atoms with Gasteiger partial charge in [-0.15, -0.1) is 0 Å². The Balaban J connectivity index is 1.88. The van der Waals surface area contributed by atoms with E-state index in [0.29, 0.717) is 19.3 Å². The summed E-state index contributed by atoms with van der Waals surface area (Å²) in [5.41, 5.74) is 1.07. The Hall–Kier alpha value is -1.51. The number of carbonyl (C=O) groups is 1. The van der Waals surface area contributed by atoms with Crippen LogP contribution in [-0.2, 0) is 21.2 Å². The van der Waals surface area contributed by atoms with Crippen molar-refractivity contribution in [2.24, 2.45) is 5.92 Å². The maximum Gasteiger partial charge on any atom is 0.221 e. The number of carbonyl (C=O) groups excluding carboxylic acids is 1. The van der Waals surface area contributed by atoms with Crippen LogP contribution in [0.4, 0.5) is 0 Å². The summed E-state index contributed by atoms with van der Waals surface area (Å²) < 4.78 is 24.3. The lowest BCUT2D eigenvalue weighted by molar-refractivity contribution is -0.122. The van der Waals surface area contributed by atoms with Crippen LogP contribution in [-0.4, -0.2) is 49.4 Å². The van der Waals surface area contributed by atoms with Crippen LogP contribution in [0.2, 0.25) is 0 Å². The van der Waals surface area contributed by atoms with Gasteiger partial charge in [0.2, 0.25) is 15.9 Å². The molecule has 1 atom stereocenters. The number of hydrogen-bond acceptors (Lipinski definition) is 5. The number of hydrogen-bond donors (Lipinski definition) is 3.